The van der Waals surface area contributed by atoms with Gasteiger partial charge in [0, 0.05) is 0 Å². The normalized spacial score (nSPS) is 11.5. The number of benzene rings is 1. The van der Waals surface area contributed by atoms with Crippen molar-refractivity contribution in [2.45, 2.75) is 13.0 Å². The van der Waals surface area contributed by atoms with E-state index in [9.17, 15) is 18.8 Å². The number of amides is 2. The Balaban J connectivity index is 1.81. The van der Waals surface area contributed by atoms with E-state index in [4.69, 9.17) is 20.8 Å². The van der Waals surface area contributed by atoms with Gasteiger partial charge in [0.25, 0.3) is 11.8 Å². The van der Waals surface area contributed by atoms with Crippen molar-refractivity contribution >= 4 is 35.1 Å². The van der Waals surface area contributed by atoms with Crippen molar-refractivity contribution in [3.05, 3.63) is 53.2 Å². The van der Waals surface area contributed by atoms with Crippen molar-refractivity contribution in [1.29, 1.82) is 0 Å². The molecule has 0 saturated carbocycles. The summed E-state index contributed by atoms with van der Waals surface area (Å²) in [5.74, 6) is -2.55. The molecule has 0 aliphatic heterocycles. The van der Waals surface area contributed by atoms with Gasteiger partial charge in [0.1, 0.15) is 12.4 Å². The van der Waals surface area contributed by atoms with E-state index in [1.165, 1.54) is 31.4 Å². The van der Waals surface area contributed by atoms with Crippen LogP contribution < -0.4 is 10.6 Å². The molecule has 25 heavy (non-hydrogen) atoms. The molecule has 0 aliphatic rings. The predicted molar refractivity (Wildman–Crippen MR) is 86.6 cm³/mol. The Morgan fingerprint density at radius 2 is 2.08 bits per heavy atom. The summed E-state index contributed by atoms with van der Waals surface area (Å²) in [5, 5.41) is 4.72. The topological polar surface area (TPSA) is 97.6 Å². The van der Waals surface area contributed by atoms with Gasteiger partial charge < -0.3 is 19.8 Å². The van der Waals surface area contributed by atoms with E-state index < -0.39 is 36.2 Å². The third kappa shape index (κ3) is 5.32. The summed E-state index contributed by atoms with van der Waals surface area (Å²) in [7, 11) is 0. The molecule has 1 heterocycles. The molecule has 0 aliphatic carbocycles. The first-order valence-electron chi connectivity index (χ1n) is 7.14. The van der Waals surface area contributed by atoms with Crippen molar-refractivity contribution < 1.29 is 27.9 Å². The molecular weight excluding hydrogens is 355 g/mol. The molecule has 0 unspecified atom stereocenters. The lowest BCUT2D eigenvalue weighted by Gasteiger charge is -2.14. The van der Waals surface area contributed by atoms with Crippen molar-refractivity contribution in [2.75, 3.05) is 11.9 Å². The van der Waals surface area contributed by atoms with Crippen LogP contribution in [0.5, 0.6) is 0 Å². The molecule has 2 amide bonds. The van der Waals surface area contributed by atoms with Crippen molar-refractivity contribution in [1.82, 2.24) is 5.32 Å². The lowest BCUT2D eigenvalue weighted by molar-refractivity contribution is -0.152. The maximum absolute atomic E-state index is 13.0. The second kappa shape index (κ2) is 8.29. The summed E-state index contributed by atoms with van der Waals surface area (Å²) in [6.07, 6.45) is 0.175. The minimum absolute atomic E-state index is 0.0117. The van der Waals surface area contributed by atoms with Gasteiger partial charge >= 0.3 is 5.97 Å². The van der Waals surface area contributed by atoms with Crippen LogP contribution in [0.15, 0.2) is 41.0 Å². The summed E-state index contributed by atoms with van der Waals surface area (Å²) in [6, 6.07) is 6.41. The highest BCUT2D eigenvalue weighted by Crippen LogP contribution is 2.22. The fourth-order valence-electron chi connectivity index (χ4n) is 1.76. The Morgan fingerprint density at radius 1 is 1.32 bits per heavy atom. The van der Waals surface area contributed by atoms with Gasteiger partial charge in [-0.15, -0.1) is 0 Å². The number of carbonyl (C=O) groups is 3. The van der Waals surface area contributed by atoms with Crippen LogP contribution in [-0.2, 0) is 14.3 Å². The van der Waals surface area contributed by atoms with E-state index in [1.807, 2.05) is 0 Å². The Morgan fingerprint density at radius 3 is 2.72 bits per heavy atom. The van der Waals surface area contributed by atoms with E-state index in [2.05, 4.69) is 10.6 Å². The van der Waals surface area contributed by atoms with Gasteiger partial charge in [-0.3, -0.25) is 14.4 Å². The number of rotatable bonds is 6. The second-order valence-electron chi connectivity index (χ2n) is 4.91. The van der Waals surface area contributed by atoms with Crippen LogP contribution >= 0.6 is 11.6 Å². The zero-order valence-electron chi connectivity index (χ0n) is 13.0. The summed E-state index contributed by atoms with van der Waals surface area (Å²) < 4.78 is 22.7. The van der Waals surface area contributed by atoms with E-state index >= 15 is 0 Å². The molecule has 2 N–H and O–H groups in total. The van der Waals surface area contributed by atoms with E-state index in [0.29, 0.717) is 0 Å². The van der Waals surface area contributed by atoms with E-state index in [1.54, 1.807) is 0 Å². The number of esters is 1. The Labute approximate surface area is 147 Å². The largest absolute Gasteiger partial charge is 0.459 e. The fraction of sp³-hybridized carbons (Fsp3) is 0.188. The van der Waals surface area contributed by atoms with Crippen LogP contribution in [0.25, 0.3) is 0 Å². The minimum atomic E-state index is -1.14. The quantitative estimate of drug-likeness (QED) is 0.763. The number of carbonyl (C=O) groups excluding carboxylic acids is 3. The lowest BCUT2D eigenvalue weighted by Crippen LogP contribution is -2.35. The molecular formula is C16H14ClFN2O5. The number of ether oxygens (including phenoxy) is 1. The van der Waals surface area contributed by atoms with Gasteiger partial charge in [0.15, 0.2) is 11.9 Å². The van der Waals surface area contributed by atoms with Gasteiger partial charge in [-0.25, -0.2) is 4.39 Å². The summed E-state index contributed by atoms with van der Waals surface area (Å²) in [6.45, 7) is 0.910. The summed E-state index contributed by atoms with van der Waals surface area (Å²) >= 11 is 5.80. The molecule has 132 valence electrons. The van der Waals surface area contributed by atoms with Gasteiger partial charge in [0.2, 0.25) is 0 Å². The molecule has 7 nitrogen and oxygen atoms in total. The van der Waals surface area contributed by atoms with Gasteiger partial charge in [-0.2, -0.15) is 0 Å². The first-order chi connectivity index (χ1) is 11.9. The Bertz CT molecular complexity index is 779. The molecule has 1 aromatic heterocycles. The number of hydrogen-bond acceptors (Lipinski definition) is 5. The number of anilines is 1. The third-order valence-electron chi connectivity index (χ3n) is 3.00. The van der Waals surface area contributed by atoms with Crippen molar-refractivity contribution in [3.63, 3.8) is 0 Å². The van der Waals surface area contributed by atoms with E-state index in [-0.39, 0.29) is 16.5 Å². The smallest absolute Gasteiger partial charge is 0.326 e. The molecule has 2 rings (SSSR count). The fourth-order valence-corrected chi connectivity index (χ4v) is 1.98. The maximum Gasteiger partial charge on any atom is 0.326 e. The molecule has 2 aromatic rings. The zero-order chi connectivity index (χ0) is 18.4. The highest BCUT2D eigenvalue weighted by atomic mass is 35.5. The lowest BCUT2D eigenvalue weighted by atomic mass is 10.3. The molecule has 1 atom stereocenters. The van der Waals surface area contributed by atoms with Gasteiger partial charge in [0.05, 0.1) is 17.0 Å². The molecule has 0 radical (unpaired) electrons. The summed E-state index contributed by atoms with van der Waals surface area (Å²) in [5.41, 5.74) is 0.182. The van der Waals surface area contributed by atoms with Crippen LogP contribution in [0, 0.1) is 5.82 Å². The molecule has 9 heteroatoms. The SMILES string of the molecule is C[C@H](OC(=O)CNC(=O)c1ccco1)C(=O)Nc1ccc(F)cc1Cl. The highest BCUT2D eigenvalue weighted by molar-refractivity contribution is 6.33. The average Bonchev–Trinajstić information content (AvgIpc) is 3.09. The first kappa shape index (κ1) is 18.5. The van der Waals surface area contributed by atoms with Crippen molar-refractivity contribution in [3.8, 4) is 0 Å². The Hall–Kier alpha value is -2.87. The number of nitrogens with one attached hydrogen (secondary N) is 2. The molecule has 0 spiro atoms. The average molecular weight is 369 g/mol. The predicted octanol–water partition coefficient (Wildman–Crippen LogP) is 2.37. The van der Waals surface area contributed by atoms with Gasteiger partial charge in [-0.1, -0.05) is 11.6 Å². The number of hydrogen-bond donors (Lipinski definition) is 2. The second-order valence-corrected chi connectivity index (χ2v) is 5.31. The molecule has 0 fully saturated rings. The highest BCUT2D eigenvalue weighted by Gasteiger charge is 2.19. The minimum Gasteiger partial charge on any atom is -0.459 e. The van der Waals surface area contributed by atoms with Crippen LogP contribution in [0.1, 0.15) is 17.5 Å². The Kier molecular flexibility index (Phi) is 6.13. The zero-order valence-corrected chi connectivity index (χ0v) is 13.8. The van der Waals surface area contributed by atoms with Crippen LogP contribution in [0.3, 0.4) is 0 Å². The molecule has 0 bridgehead atoms. The monoisotopic (exact) mass is 368 g/mol. The molecule has 1 aromatic carbocycles. The number of furan rings is 1. The van der Waals surface area contributed by atoms with Crippen LogP contribution in [0.4, 0.5) is 10.1 Å². The van der Waals surface area contributed by atoms with Gasteiger partial charge in [-0.05, 0) is 37.3 Å². The summed E-state index contributed by atoms with van der Waals surface area (Å²) in [4.78, 5) is 35.2. The first-order valence-corrected chi connectivity index (χ1v) is 7.51. The number of halogens is 2. The maximum atomic E-state index is 13.0. The molecule has 0 saturated heterocycles. The van der Waals surface area contributed by atoms with Crippen molar-refractivity contribution in [2.24, 2.45) is 0 Å². The third-order valence-corrected chi connectivity index (χ3v) is 3.32. The van der Waals surface area contributed by atoms with E-state index in [0.717, 1.165) is 12.1 Å². The standard InChI is InChI=1S/C16H14ClFN2O5/c1-9(15(22)20-12-5-4-10(18)7-11(12)17)25-14(21)8-19-16(23)13-3-2-6-24-13/h2-7,9H,8H2,1H3,(H,19,23)(H,20,22)/t9-/m0/s1. The van der Waals surface area contributed by atoms with Crippen LogP contribution in [0.2, 0.25) is 5.02 Å². The van der Waals surface area contributed by atoms with Crippen LogP contribution in [-0.4, -0.2) is 30.4 Å².